The summed E-state index contributed by atoms with van der Waals surface area (Å²) in [7, 11) is 0. The van der Waals surface area contributed by atoms with Crippen LogP contribution in [0.4, 0.5) is 11.4 Å². The zero-order valence-electron chi connectivity index (χ0n) is 18.5. The molecule has 0 radical (unpaired) electrons. The Labute approximate surface area is 197 Å². The number of nitro groups is 1. The van der Waals surface area contributed by atoms with Gasteiger partial charge in [0.25, 0.3) is 17.5 Å². The van der Waals surface area contributed by atoms with Crippen molar-refractivity contribution in [3.05, 3.63) is 68.7 Å². The third-order valence-corrected chi connectivity index (χ3v) is 5.73. The number of hydrazone groups is 1. The second-order valence-corrected chi connectivity index (χ2v) is 8.51. The molecule has 1 heterocycles. The Morgan fingerprint density at radius 2 is 1.88 bits per heavy atom. The van der Waals surface area contributed by atoms with Crippen molar-refractivity contribution in [1.29, 1.82) is 0 Å². The van der Waals surface area contributed by atoms with Crippen LogP contribution in [0.3, 0.4) is 0 Å². The van der Waals surface area contributed by atoms with Gasteiger partial charge in [-0.1, -0.05) is 37.6 Å². The number of halogens is 1. The van der Waals surface area contributed by atoms with E-state index in [1.165, 1.54) is 18.3 Å². The molecule has 9 nitrogen and oxygen atoms in total. The number of nitro benzene ring substituents is 1. The predicted octanol–water partition coefficient (Wildman–Crippen LogP) is 3.75. The Morgan fingerprint density at radius 1 is 1.18 bits per heavy atom. The molecule has 0 aliphatic carbocycles. The van der Waals surface area contributed by atoms with Gasteiger partial charge in [0.1, 0.15) is 6.04 Å². The second-order valence-electron chi connectivity index (χ2n) is 8.10. The first-order chi connectivity index (χ1) is 15.8. The highest BCUT2D eigenvalue weighted by Crippen LogP contribution is 2.27. The monoisotopic (exact) mass is 471 g/mol. The Hall–Kier alpha value is -3.46. The van der Waals surface area contributed by atoms with Crippen LogP contribution in [0.5, 0.6) is 0 Å². The van der Waals surface area contributed by atoms with Crippen LogP contribution < -0.4 is 15.6 Å². The zero-order valence-corrected chi connectivity index (χ0v) is 19.2. The molecule has 1 aliphatic heterocycles. The number of hydrogen-bond donors (Lipinski definition) is 2. The van der Waals surface area contributed by atoms with E-state index in [-0.39, 0.29) is 22.2 Å². The number of carbonyl (C=O) groups is 2. The quantitative estimate of drug-likeness (QED) is 0.345. The van der Waals surface area contributed by atoms with Gasteiger partial charge >= 0.3 is 0 Å². The third kappa shape index (κ3) is 6.07. The number of nitrogens with zero attached hydrogens (tertiary/aromatic N) is 3. The lowest BCUT2D eigenvalue weighted by Gasteiger charge is -2.21. The van der Waals surface area contributed by atoms with Crippen molar-refractivity contribution in [2.75, 3.05) is 18.0 Å². The molecule has 2 amide bonds. The van der Waals surface area contributed by atoms with Crippen LogP contribution in [0.2, 0.25) is 5.02 Å². The zero-order chi connectivity index (χ0) is 24.0. The average molecular weight is 472 g/mol. The minimum absolute atomic E-state index is 0.0576. The minimum Gasteiger partial charge on any atom is -0.371 e. The van der Waals surface area contributed by atoms with Crippen LogP contribution in [0.15, 0.2) is 47.6 Å². The van der Waals surface area contributed by atoms with Crippen molar-refractivity contribution in [3.63, 3.8) is 0 Å². The number of nitrogens with one attached hydrogen (secondary N) is 2. The minimum atomic E-state index is -0.853. The molecule has 2 aromatic rings. The first kappa shape index (κ1) is 24.2. The highest BCUT2D eigenvalue weighted by molar-refractivity contribution is 6.33. The number of rotatable bonds is 8. The summed E-state index contributed by atoms with van der Waals surface area (Å²) in [6.45, 7) is 5.31. The van der Waals surface area contributed by atoms with Gasteiger partial charge in [-0.15, -0.1) is 0 Å². The van der Waals surface area contributed by atoms with Crippen LogP contribution in [-0.2, 0) is 4.79 Å². The Bertz CT molecular complexity index is 1070. The molecule has 0 aromatic heterocycles. The van der Waals surface area contributed by atoms with Crippen molar-refractivity contribution in [1.82, 2.24) is 10.7 Å². The van der Waals surface area contributed by atoms with Gasteiger partial charge in [0.15, 0.2) is 0 Å². The number of hydrogen-bond acceptors (Lipinski definition) is 6. The van der Waals surface area contributed by atoms with Crippen molar-refractivity contribution >= 4 is 41.0 Å². The van der Waals surface area contributed by atoms with Gasteiger partial charge in [-0.3, -0.25) is 19.7 Å². The van der Waals surface area contributed by atoms with Gasteiger partial charge < -0.3 is 10.2 Å². The first-order valence-electron chi connectivity index (χ1n) is 10.7. The lowest BCUT2D eigenvalue weighted by molar-refractivity contribution is -0.384. The smallest absolute Gasteiger partial charge is 0.270 e. The highest BCUT2D eigenvalue weighted by atomic mass is 35.5. The van der Waals surface area contributed by atoms with Crippen molar-refractivity contribution in [2.24, 2.45) is 11.0 Å². The van der Waals surface area contributed by atoms with E-state index in [0.717, 1.165) is 31.6 Å². The lowest BCUT2D eigenvalue weighted by Crippen LogP contribution is -2.48. The van der Waals surface area contributed by atoms with Crippen LogP contribution in [-0.4, -0.2) is 42.1 Å². The fourth-order valence-corrected chi connectivity index (χ4v) is 3.86. The molecule has 1 aliphatic rings. The topological polar surface area (TPSA) is 117 Å². The number of carbonyl (C=O) groups excluding carboxylic acids is 2. The summed E-state index contributed by atoms with van der Waals surface area (Å²) in [4.78, 5) is 38.2. The lowest BCUT2D eigenvalue weighted by atomic mass is 10.0. The largest absolute Gasteiger partial charge is 0.371 e. The molecular weight excluding hydrogens is 446 g/mol. The predicted molar refractivity (Wildman–Crippen MR) is 128 cm³/mol. The Kier molecular flexibility index (Phi) is 8.00. The van der Waals surface area contributed by atoms with E-state index in [9.17, 15) is 19.7 Å². The van der Waals surface area contributed by atoms with Gasteiger partial charge in [0.2, 0.25) is 0 Å². The molecule has 2 N–H and O–H groups in total. The van der Waals surface area contributed by atoms with Crippen LogP contribution >= 0.6 is 11.6 Å². The molecule has 2 aromatic carbocycles. The van der Waals surface area contributed by atoms with E-state index < -0.39 is 22.8 Å². The molecule has 3 rings (SSSR count). The number of benzene rings is 2. The van der Waals surface area contributed by atoms with Crippen molar-refractivity contribution in [3.8, 4) is 0 Å². The number of anilines is 1. The van der Waals surface area contributed by atoms with Gasteiger partial charge in [-0.25, -0.2) is 5.43 Å². The highest BCUT2D eigenvalue weighted by Gasteiger charge is 2.25. The molecule has 0 saturated carbocycles. The molecule has 1 unspecified atom stereocenters. The molecule has 10 heteroatoms. The summed E-state index contributed by atoms with van der Waals surface area (Å²) in [6.07, 6.45) is 3.49. The standard InChI is InChI=1S/C23H26ClN5O4/c1-15(2)21(26-22(30)18-7-3-4-8-19(18)24)23(31)27-25-14-16-13-17(29(32)33)9-10-20(16)28-11-5-6-12-28/h3-4,7-10,13-15,21H,5-6,11-12H2,1-2H3,(H,26,30)(H,27,31)/b25-14+. The molecule has 1 atom stereocenters. The molecule has 0 spiro atoms. The molecular formula is C23H26ClN5O4. The van der Waals surface area contributed by atoms with E-state index in [4.69, 9.17) is 11.6 Å². The van der Waals surface area contributed by atoms with Crippen LogP contribution in [0.25, 0.3) is 0 Å². The summed E-state index contributed by atoms with van der Waals surface area (Å²) in [5.41, 5.74) is 4.02. The van der Waals surface area contributed by atoms with E-state index >= 15 is 0 Å². The van der Waals surface area contributed by atoms with E-state index in [1.807, 2.05) is 0 Å². The average Bonchev–Trinajstić information content (AvgIpc) is 3.32. The van der Waals surface area contributed by atoms with Crippen molar-refractivity contribution in [2.45, 2.75) is 32.7 Å². The molecule has 174 valence electrons. The van der Waals surface area contributed by atoms with E-state index in [2.05, 4.69) is 20.7 Å². The van der Waals surface area contributed by atoms with E-state index in [0.29, 0.717) is 5.56 Å². The Balaban J connectivity index is 1.74. The SMILES string of the molecule is CC(C)C(NC(=O)c1ccccc1Cl)C(=O)N/N=C/c1cc([N+](=O)[O-])ccc1N1CCCC1. The van der Waals surface area contributed by atoms with Gasteiger partial charge in [-0.05, 0) is 37.0 Å². The number of non-ortho nitro benzene ring substituents is 1. The first-order valence-corrected chi connectivity index (χ1v) is 11.1. The summed E-state index contributed by atoms with van der Waals surface area (Å²) in [5.74, 6) is -1.19. The van der Waals surface area contributed by atoms with Crippen molar-refractivity contribution < 1.29 is 14.5 Å². The summed E-state index contributed by atoms with van der Waals surface area (Å²) in [5, 5.41) is 18.2. The van der Waals surface area contributed by atoms with Gasteiger partial charge in [0, 0.05) is 36.5 Å². The fraction of sp³-hybridized carbons (Fsp3) is 0.348. The maximum Gasteiger partial charge on any atom is 0.270 e. The maximum absolute atomic E-state index is 12.8. The second kappa shape index (κ2) is 10.9. The third-order valence-electron chi connectivity index (χ3n) is 5.40. The fourth-order valence-electron chi connectivity index (χ4n) is 3.64. The summed E-state index contributed by atoms with van der Waals surface area (Å²) < 4.78 is 0. The molecule has 33 heavy (non-hydrogen) atoms. The Morgan fingerprint density at radius 3 is 2.52 bits per heavy atom. The van der Waals surface area contributed by atoms with Crippen LogP contribution in [0.1, 0.15) is 42.6 Å². The summed E-state index contributed by atoms with van der Waals surface area (Å²) in [6, 6.07) is 10.3. The van der Waals surface area contributed by atoms with E-state index in [1.54, 1.807) is 44.2 Å². The van der Waals surface area contributed by atoms with Gasteiger partial charge in [-0.2, -0.15) is 5.10 Å². The maximum atomic E-state index is 12.8. The molecule has 1 saturated heterocycles. The summed E-state index contributed by atoms with van der Waals surface area (Å²) >= 11 is 6.08. The normalized spacial score (nSPS) is 14.5. The number of amides is 2. The van der Waals surface area contributed by atoms with Crippen LogP contribution in [0, 0.1) is 16.0 Å². The van der Waals surface area contributed by atoms with Gasteiger partial charge in [0.05, 0.1) is 21.7 Å². The molecule has 0 bridgehead atoms. The molecule has 1 fully saturated rings.